The van der Waals surface area contributed by atoms with Crippen molar-refractivity contribution in [3.8, 4) is 0 Å². The summed E-state index contributed by atoms with van der Waals surface area (Å²) in [6.45, 7) is 0.0420. The molecule has 0 fully saturated rings. The van der Waals surface area contributed by atoms with E-state index < -0.39 is 18.1 Å². The number of hydrogen-bond donors (Lipinski definition) is 2. The molecule has 2 aromatic rings. The van der Waals surface area contributed by atoms with Gasteiger partial charge >= 0.3 is 12.1 Å². The van der Waals surface area contributed by atoms with Gasteiger partial charge in [-0.3, -0.25) is 0 Å². The molecular weight excluding hydrogens is 341 g/mol. The van der Waals surface area contributed by atoms with Crippen LogP contribution in [0.5, 0.6) is 0 Å². The molecule has 1 atom stereocenters. The normalized spacial score (nSPS) is 11.6. The van der Waals surface area contributed by atoms with Gasteiger partial charge in [-0.25, -0.2) is 9.59 Å². The van der Waals surface area contributed by atoms with E-state index in [2.05, 4.69) is 5.32 Å². The van der Waals surface area contributed by atoms with E-state index in [0.717, 1.165) is 5.56 Å². The Balaban J connectivity index is 2.02. The fraction of sp³-hybridized carbons (Fsp3) is 0.125. The zero-order valence-corrected chi connectivity index (χ0v) is 13.3. The monoisotopic (exact) mass is 353 g/mol. The molecule has 0 spiro atoms. The molecule has 0 aliphatic rings. The average Bonchev–Trinajstić information content (AvgIpc) is 2.54. The van der Waals surface area contributed by atoms with Crippen molar-refractivity contribution >= 4 is 35.3 Å². The summed E-state index contributed by atoms with van der Waals surface area (Å²) in [5.41, 5.74) is 1.09. The van der Waals surface area contributed by atoms with E-state index in [1.54, 1.807) is 12.1 Å². The summed E-state index contributed by atoms with van der Waals surface area (Å²) in [6.07, 6.45) is -0.840. The van der Waals surface area contributed by atoms with E-state index in [-0.39, 0.29) is 11.6 Å². The molecule has 7 heteroatoms. The van der Waals surface area contributed by atoms with Crippen LogP contribution in [0.4, 0.5) is 4.79 Å². The minimum atomic E-state index is -1.28. The summed E-state index contributed by atoms with van der Waals surface area (Å²) < 4.78 is 5.01. The highest BCUT2D eigenvalue weighted by Gasteiger charge is 2.23. The van der Waals surface area contributed by atoms with Gasteiger partial charge in [0.25, 0.3) is 0 Å². The lowest BCUT2D eigenvalue weighted by Crippen LogP contribution is -2.34. The van der Waals surface area contributed by atoms with Gasteiger partial charge in [0.2, 0.25) is 0 Å². The third-order valence-electron chi connectivity index (χ3n) is 3.00. The fourth-order valence-electron chi connectivity index (χ4n) is 1.86. The Morgan fingerprint density at radius 1 is 1.09 bits per heavy atom. The SMILES string of the molecule is O=C(N[C@H](C(=O)O)c1ccc(Cl)c(Cl)c1)OCc1ccccc1. The maximum atomic E-state index is 11.8. The van der Waals surface area contributed by atoms with Crippen LogP contribution in [0.2, 0.25) is 10.0 Å². The van der Waals surface area contributed by atoms with E-state index in [1.807, 2.05) is 18.2 Å². The van der Waals surface area contributed by atoms with Crippen molar-refractivity contribution in [1.82, 2.24) is 5.32 Å². The van der Waals surface area contributed by atoms with Crippen molar-refractivity contribution in [2.45, 2.75) is 12.6 Å². The van der Waals surface area contributed by atoms with Gasteiger partial charge in [-0.2, -0.15) is 0 Å². The molecule has 2 aromatic carbocycles. The predicted octanol–water partition coefficient (Wildman–Crippen LogP) is 4.05. The molecule has 120 valence electrons. The molecule has 0 saturated heterocycles. The zero-order chi connectivity index (χ0) is 16.8. The summed E-state index contributed by atoms with van der Waals surface area (Å²) in [5, 5.41) is 12.1. The van der Waals surface area contributed by atoms with Gasteiger partial charge < -0.3 is 15.2 Å². The van der Waals surface area contributed by atoms with Crippen LogP contribution in [-0.4, -0.2) is 17.2 Å². The minimum absolute atomic E-state index is 0.0420. The first-order chi connectivity index (χ1) is 11.0. The quantitative estimate of drug-likeness (QED) is 0.850. The van der Waals surface area contributed by atoms with Crippen LogP contribution in [0.15, 0.2) is 48.5 Å². The minimum Gasteiger partial charge on any atom is -0.479 e. The third-order valence-corrected chi connectivity index (χ3v) is 3.74. The van der Waals surface area contributed by atoms with Crippen LogP contribution in [-0.2, 0) is 16.1 Å². The van der Waals surface area contributed by atoms with Crippen LogP contribution in [0.1, 0.15) is 17.2 Å². The van der Waals surface area contributed by atoms with Crippen LogP contribution < -0.4 is 5.32 Å². The van der Waals surface area contributed by atoms with E-state index in [4.69, 9.17) is 27.9 Å². The molecule has 1 amide bonds. The number of carboxylic acids is 1. The number of carbonyl (C=O) groups is 2. The molecular formula is C16H13Cl2NO4. The van der Waals surface area contributed by atoms with Gasteiger partial charge in [0.05, 0.1) is 10.0 Å². The molecule has 0 aliphatic carbocycles. The molecule has 0 heterocycles. The number of alkyl carbamates (subject to hydrolysis) is 1. The number of ether oxygens (including phenoxy) is 1. The van der Waals surface area contributed by atoms with Gasteiger partial charge in [0.1, 0.15) is 6.61 Å². The van der Waals surface area contributed by atoms with Crippen molar-refractivity contribution in [3.63, 3.8) is 0 Å². The molecule has 0 aromatic heterocycles. The number of nitrogens with one attached hydrogen (secondary N) is 1. The van der Waals surface area contributed by atoms with Crippen molar-refractivity contribution in [1.29, 1.82) is 0 Å². The molecule has 0 unspecified atom stereocenters. The summed E-state index contributed by atoms with van der Waals surface area (Å²) in [5.74, 6) is -1.24. The summed E-state index contributed by atoms with van der Waals surface area (Å²) in [4.78, 5) is 23.2. The summed E-state index contributed by atoms with van der Waals surface area (Å²) in [6, 6.07) is 12.1. The molecule has 0 saturated carbocycles. The van der Waals surface area contributed by atoms with Gasteiger partial charge in [0, 0.05) is 0 Å². The second-order valence-electron chi connectivity index (χ2n) is 4.65. The number of carboxylic acid groups (broad SMARTS) is 1. The maximum Gasteiger partial charge on any atom is 0.408 e. The second kappa shape index (κ2) is 7.85. The molecule has 5 nitrogen and oxygen atoms in total. The molecule has 0 radical (unpaired) electrons. The standard InChI is InChI=1S/C16H13Cl2NO4/c17-12-7-6-11(8-13(12)18)14(15(20)21)19-16(22)23-9-10-4-2-1-3-5-10/h1-8,14H,9H2,(H,19,22)(H,20,21)/t14-/m0/s1. The lowest BCUT2D eigenvalue weighted by atomic mass is 10.1. The number of aliphatic carboxylic acids is 1. The highest BCUT2D eigenvalue weighted by molar-refractivity contribution is 6.42. The average molecular weight is 354 g/mol. The second-order valence-corrected chi connectivity index (χ2v) is 5.47. The number of halogens is 2. The highest BCUT2D eigenvalue weighted by Crippen LogP contribution is 2.26. The van der Waals surface area contributed by atoms with Crippen molar-refractivity contribution in [2.75, 3.05) is 0 Å². The Labute approximate surface area is 142 Å². The first kappa shape index (κ1) is 17.1. The highest BCUT2D eigenvalue weighted by atomic mass is 35.5. The summed E-state index contributed by atoms with van der Waals surface area (Å²) >= 11 is 11.7. The van der Waals surface area contributed by atoms with E-state index in [0.29, 0.717) is 10.6 Å². The number of hydrogen-bond acceptors (Lipinski definition) is 3. The predicted molar refractivity (Wildman–Crippen MR) is 86.6 cm³/mol. The number of amides is 1. The molecule has 0 bridgehead atoms. The number of carbonyl (C=O) groups excluding carboxylic acids is 1. The van der Waals surface area contributed by atoms with E-state index >= 15 is 0 Å². The number of benzene rings is 2. The largest absolute Gasteiger partial charge is 0.479 e. The Bertz CT molecular complexity index is 706. The van der Waals surface area contributed by atoms with Gasteiger partial charge in [-0.1, -0.05) is 59.6 Å². The summed E-state index contributed by atoms with van der Waals surface area (Å²) in [7, 11) is 0. The first-order valence-corrected chi connectivity index (χ1v) is 7.38. The van der Waals surface area contributed by atoms with E-state index in [1.165, 1.54) is 18.2 Å². The Morgan fingerprint density at radius 3 is 2.39 bits per heavy atom. The molecule has 2 N–H and O–H groups in total. The molecule has 0 aliphatic heterocycles. The lowest BCUT2D eigenvalue weighted by molar-refractivity contribution is -0.139. The Hall–Kier alpha value is -2.24. The smallest absolute Gasteiger partial charge is 0.408 e. The van der Waals surface area contributed by atoms with Crippen molar-refractivity contribution in [3.05, 3.63) is 69.7 Å². The molecule has 23 heavy (non-hydrogen) atoms. The topological polar surface area (TPSA) is 75.6 Å². The van der Waals surface area contributed by atoms with Crippen molar-refractivity contribution < 1.29 is 19.4 Å². The van der Waals surface area contributed by atoms with Crippen LogP contribution >= 0.6 is 23.2 Å². The van der Waals surface area contributed by atoms with Crippen molar-refractivity contribution in [2.24, 2.45) is 0 Å². The number of rotatable bonds is 5. The maximum absolute atomic E-state index is 11.8. The van der Waals surface area contributed by atoms with Crippen LogP contribution in [0, 0.1) is 0 Å². The Kier molecular flexibility index (Phi) is 5.84. The third kappa shape index (κ3) is 4.87. The Morgan fingerprint density at radius 2 is 1.78 bits per heavy atom. The van der Waals surface area contributed by atoms with E-state index in [9.17, 15) is 14.7 Å². The van der Waals surface area contributed by atoms with Gasteiger partial charge in [-0.05, 0) is 23.3 Å². The van der Waals surface area contributed by atoms with Gasteiger partial charge in [0.15, 0.2) is 6.04 Å². The fourth-order valence-corrected chi connectivity index (χ4v) is 2.17. The first-order valence-electron chi connectivity index (χ1n) is 6.62. The molecule has 2 rings (SSSR count). The zero-order valence-electron chi connectivity index (χ0n) is 11.8. The van der Waals surface area contributed by atoms with Gasteiger partial charge in [-0.15, -0.1) is 0 Å². The van der Waals surface area contributed by atoms with Crippen LogP contribution in [0.3, 0.4) is 0 Å². The lowest BCUT2D eigenvalue weighted by Gasteiger charge is -2.15. The van der Waals surface area contributed by atoms with Crippen LogP contribution in [0.25, 0.3) is 0 Å².